The molecule has 0 N–H and O–H groups in total. The number of esters is 3. The molecule has 0 saturated carbocycles. The Morgan fingerprint density at radius 1 is 0.282 bits per heavy atom. The number of unbranched alkanes of at least 4 members (excludes halogenated alkanes) is 35. The minimum absolute atomic E-state index is 0.0814. The van der Waals surface area contributed by atoms with Crippen LogP contribution in [0.15, 0.2) is 72.9 Å². The Kier molecular flexibility index (Phi) is 56.8. The van der Waals surface area contributed by atoms with Crippen LogP contribution in [0.2, 0.25) is 0 Å². The standard InChI is InChI=1S/C65H114O6/c1-4-7-10-13-16-19-22-25-28-30-32-34-37-40-43-46-49-52-55-58-64(67)70-61-62(60-69-63(66)57-54-51-48-45-42-39-36-27-24-21-18-15-12-9-6-3)71-65(68)59-56-53-50-47-44-41-38-35-33-31-29-26-23-20-17-14-11-8-5-2/h16-27,62H,4-15,28-61H2,1-3H3/b19-16-,20-17-,21-18-,25-22-,26-23-,27-24-. The molecule has 0 amide bonds. The first-order chi connectivity index (χ1) is 35.0. The molecular weight excluding hydrogens is 877 g/mol. The van der Waals surface area contributed by atoms with E-state index < -0.39 is 6.10 Å². The molecule has 0 heterocycles. The fraction of sp³-hybridized carbons (Fsp3) is 0.769. The summed E-state index contributed by atoms with van der Waals surface area (Å²) in [4.78, 5) is 38.3. The van der Waals surface area contributed by atoms with Crippen molar-refractivity contribution in [3.05, 3.63) is 72.9 Å². The summed E-state index contributed by atoms with van der Waals surface area (Å²) in [6.45, 7) is 6.57. The lowest BCUT2D eigenvalue weighted by Crippen LogP contribution is -2.30. The molecule has 0 radical (unpaired) electrons. The largest absolute Gasteiger partial charge is 0.462 e. The Hall–Kier alpha value is -3.15. The van der Waals surface area contributed by atoms with Gasteiger partial charge in [0.25, 0.3) is 0 Å². The van der Waals surface area contributed by atoms with Crippen molar-refractivity contribution in [1.29, 1.82) is 0 Å². The molecule has 0 rings (SSSR count). The number of rotatable bonds is 55. The minimum atomic E-state index is -0.784. The zero-order valence-electron chi connectivity index (χ0n) is 47.0. The molecule has 1 atom stereocenters. The van der Waals surface area contributed by atoms with Crippen LogP contribution in [0.5, 0.6) is 0 Å². The molecule has 0 spiro atoms. The fourth-order valence-corrected chi connectivity index (χ4v) is 8.59. The molecule has 0 aromatic rings. The summed E-state index contributed by atoms with van der Waals surface area (Å²) in [5.41, 5.74) is 0. The van der Waals surface area contributed by atoms with Crippen molar-refractivity contribution < 1.29 is 28.6 Å². The van der Waals surface area contributed by atoms with E-state index in [-0.39, 0.29) is 31.1 Å². The number of allylic oxidation sites excluding steroid dienone is 12. The highest BCUT2D eigenvalue weighted by Gasteiger charge is 2.19. The molecule has 71 heavy (non-hydrogen) atoms. The van der Waals surface area contributed by atoms with E-state index in [1.807, 2.05) is 0 Å². The second-order valence-corrected chi connectivity index (χ2v) is 20.3. The molecule has 0 aliphatic rings. The van der Waals surface area contributed by atoms with Gasteiger partial charge in [-0.25, -0.2) is 0 Å². The maximum Gasteiger partial charge on any atom is 0.306 e. The SMILES string of the molecule is CCCCC/C=C\C=C/CCCCCCCCCCCCC(=O)OCC(COC(=O)CCCCCCCC/C=C\C=C/CCCCC)OC(=O)CCCCCCCCCCCC/C=C\C=C/CCCCC. The Morgan fingerprint density at radius 2 is 0.493 bits per heavy atom. The van der Waals surface area contributed by atoms with Crippen LogP contribution in [0.3, 0.4) is 0 Å². The minimum Gasteiger partial charge on any atom is -0.462 e. The lowest BCUT2D eigenvalue weighted by molar-refractivity contribution is -0.167. The summed E-state index contributed by atoms with van der Waals surface area (Å²) < 4.78 is 16.9. The molecule has 6 heteroatoms. The van der Waals surface area contributed by atoms with Gasteiger partial charge in [-0.15, -0.1) is 0 Å². The molecule has 0 bridgehead atoms. The van der Waals surface area contributed by atoms with Gasteiger partial charge in [0.15, 0.2) is 6.10 Å². The summed E-state index contributed by atoms with van der Waals surface area (Å²) in [7, 11) is 0. The molecule has 0 fully saturated rings. The second kappa shape index (κ2) is 59.4. The van der Waals surface area contributed by atoms with Gasteiger partial charge in [-0.3, -0.25) is 14.4 Å². The van der Waals surface area contributed by atoms with E-state index in [0.717, 1.165) is 64.2 Å². The zero-order valence-corrected chi connectivity index (χ0v) is 47.0. The molecule has 0 aliphatic carbocycles. The first kappa shape index (κ1) is 67.8. The number of ether oxygens (including phenoxy) is 3. The Labute approximate surface area is 440 Å². The second-order valence-electron chi connectivity index (χ2n) is 20.3. The molecular formula is C65H114O6. The highest BCUT2D eigenvalue weighted by molar-refractivity contribution is 5.71. The summed E-state index contributed by atoms with van der Waals surface area (Å²) >= 11 is 0. The van der Waals surface area contributed by atoms with Crippen LogP contribution in [0.4, 0.5) is 0 Å². The van der Waals surface area contributed by atoms with Crippen LogP contribution in [-0.2, 0) is 28.6 Å². The summed E-state index contributed by atoms with van der Waals surface area (Å²) in [5, 5.41) is 0. The van der Waals surface area contributed by atoms with Gasteiger partial charge in [-0.1, -0.05) is 261 Å². The smallest absolute Gasteiger partial charge is 0.306 e. The Morgan fingerprint density at radius 3 is 0.746 bits per heavy atom. The average molecular weight is 992 g/mol. The van der Waals surface area contributed by atoms with E-state index in [1.54, 1.807) is 0 Å². The fourth-order valence-electron chi connectivity index (χ4n) is 8.59. The van der Waals surface area contributed by atoms with Crippen molar-refractivity contribution in [2.45, 2.75) is 309 Å². The maximum absolute atomic E-state index is 12.9. The summed E-state index contributed by atoms with van der Waals surface area (Å²) in [6, 6.07) is 0. The van der Waals surface area contributed by atoms with Crippen LogP contribution in [0, 0.1) is 0 Å². The summed E-state index contributed by atoms with van der Waals surface area (Å²) in [5.74, 6) is -0.888. The van der Waals surface area contributed by atoms with Gasteiger partial charge in [0.05, 0.1) is 0 Å². The quantitative estimate of drug-likeness (QED) is 0.0261. The van der Waals surface area contributed by atoms with Crippen molar-refractivity contribution in [3.63, 3.8) is 0 Å². The van der Waals surface area contributed by atoms with Crippen LogP contribution < -0.4 is 0 Å². The van der Waals surface area contributed by atoms with E-state index in [4.69, 9.17) is 14.2 Å². The average Bonchev–Trinajstić information content (AvgIpc) is 3.37. The maximum atomic E-state index is 12.9. The first-order valence-corrected chi connectivity index (χ1v) is 30.5. The molecule has 410 valence electrons. The van der Waals surface area contributed by atoms with Crippen LogP contribution >= 0.6 is 0 Å². The van der Waals surface area contributed by atoms with E-state index in [9.17, 15) is 14.4 Å². The van der Waals surface area contributed by atoms with Crippen LogP contribution in [-0.4, -0.2) is 37.2 Å². The predicted molar refractivity (Wildman–Crippen MR) is 307 cm³/mol. The number of carbonyl (C=O) groups is 3. The monoisotopic (exact) mass is 991 g/mol. The normalized spacial score (nSPS) is 12.5. The number of carbonyl (C=O) groups excluding carboxylic acids is 3. The van der Waals surface area contributed by atoms with Crippen LogP contribution in [0.25, 0.3) is 0 Å². The van der Waals surface area contributed by atoms with Gasteiger partial charge in [0.2, 0.25) is 0 Å². The summed E-state index contributed by atoms with van der Waals surface area (Å²) in [6.07, 6.45) is 76.0. The van der Waals surface area contributed by atoms with Gasteiger partial charge in [0, 0.05) is 19.3 Å². The lowest BCUT2D eigenvalue weighted by Gasteiger charge is -2.18. The highest BCUT2D eigenvalue weighted by atomic mass is 16.6. The van der Waals surface area contributed by atoms with Crippen molar-refractivity contribution in [3.8, 4) is 0 Å². The van der Waals surface area contributed by atoms with Gasteiger partial charge >= 0.3 is 17.9 Å². The topological polar surface area (TPSA) is 78.9 Å². The molecule has 1 unspecified atom stereocenters. The van der Waals surface area contributed by atoms with E-state index in [0.29, 0.717) is 19.3 Å². The number of hydrogen-bond acceptors (Lipinski definition) is 6. The Balaban J connectivity index is 4.38. The van der Waals surface area contributed by atoms with E-state index in [2.05, 4.69) is 93.7 Å². The zero-order chi connectivity index (χ0) is 51.4. The molecule has 6 nitrogen and oxygen atoms in total. The third kappa shape index (κ3) is 57.6. The van der Waals surface area contributed by atoms with E-state index >= 15 is 0 Å². The number of hydrogen-bond donors (Lipinski definition) is 0. The van der Waals surface area contributed by atoms with Crippen molar-refractivity contribution in [2.24, 2.45) is 0 Å². The highest BCUT2D eigenvalue weighted by Crippen LogP contribution is 2.16. The van der Waals surface area contributed by atoms with Crippen LogP contribution in [0.1, 0.15) is 303 Å². The van der Waals surface area contributed by atoms with Crippen molar-refractivity contribution in [2.75, 3.05) is 13.2 Å². The van der Waals surface area contributed by atoms with Crippen molar-refractivity contribution in [1.82, 2.24) is 0 Å². The third-order valence-electron chi connectivity index (χ3n) is 13.2. The van der Waals surface area contributed by atoms with Gasteiger partial charge < -0.3 is 14.2 Å². The molecule has 0 aliphatic heterocycles. The van der Waals surface area contributed by atoms with Gasteiger partial charge in [0.1, 0.15) is 13.2 Å². The van der Waals surface area contributed by atoms with E-state index in [1.165, 1.54) is 199 Å². The van der Waals surface area contributed by atoms with Gasteiger partial charge in [-0.2, -0.15) is 0 Å². The molecule has 0 aromatic heterocycles. The molecule has 0 saturated heterocycles. The van der Waals surface area contributed by atoms with Crippen molar-refractivity contribution >= 4 is 17.9 Å². The first-order valence-electron chi connectivity index (χ1n) is 30.5. The predicted octanol–water partition coefficient (Wildman–Crippen LogP) is 20.5. The third-order valence-corrected chi connectivity index (χ3v) is 13.2. The molecule has 0 aromatic carbocycles. The lowest BCUT2D eigenvalue weighted by atomic mass is 10.1. The van der Waals surface area contributed by atoms with Gasteiger partial charge in [-0.05, 0) is 96.3 Å². The Bertz CT molecular complexity index is 1320.